The predicted molar refractivity (Wildman–Crippen MR) is 141 cm³/mol. The predicted octanol–water partition coefficient (Wildman–Crippen LogP) is 5.30. The number of rotatable bonds is 9. The third-order valence-corrected chi connectivity index (χ3v) is 7.01. The van der Waals surface area contributed by atoms with E-state index >= 15 is 0 Å². The first kappa shape index (κ1) is 26.8. The van der Waals surface area contributed by atoms with Gasteiger partial charge in [0.25, 0.3) is 0 Å². The van der Waals surface area contributed by atoms with E-state index in [1.807, 2.05) is 44.2 Å². The Morgan fingerprint density at radius 2 is 1.81 bits per heavy atom. The van der Waals surface area contributed by atoms with Crippen LogP contribution in [-0.4, -0.2) is 45.8 Å². The molecule has 7 nitrogen and oxygen atoms in total. The number of carbonyl (C=O) groups excluding carboxylic acids is 2. The Labute approximate surface area is 222 Å². The molecule has 0 aromatic heterocycles. The van der Waals surface area contributed by atoms with E-state index in [4.69, 9.17) is 30.5 Å². The summed E-state index contributed by atoms with van der Waals surface area (Å²) < 4.78 is 21.7. The number of esters is 1. The van der Waals surface area contributed by atoms with Gasteiger partial charge in [0.1, 0.15) is 6.61 Å². The topological polar surface area (TPSA) is 83.1 Å². The summed E-state index contributed by atoms with van der Waals surface area (Å²) in [7, 11) is 3.19. The van der Waals surface area contributed by atoms with Crippen molar-refractivity contribution in [1.82, 2.24) is 5.32 Å². The van der Waals surface area contributed by atoms with E-state index in [9.17, 15) is 9.59 Å². The van der Waals surface area contributed by atoms with Gasteiger partial charge in [-0.2, -0.15) is 0 Å². The molecule has 2 atom stereocenters. The van der Waals surface area contributed by atoms with Gasteiger partial charge in [-0.1, -0.05) is 29.8 Å². The van der Waals surface area contributed by atoms with Crippen molar-refractivity contribution in [1.29, 1.82) is 0 Å². The SMILES string of the molecule is CCOCCOC(=O)C1=C(C)NC2=C(C(=O)C[C@@H](c3ccc(OC)c(OC)c3)C2)[C@H]1c1cccc(Cl)c1. The van der Waals surface area contributed by atoms with Crippen molar-refractivity contribution in [3.8, 4) is 11.5 Å². The van der Waals surface area contributed by atoms with E-state index in [2.05, 4.69) is 5.32 Å². The highest BCUT2D eigenvalue weighted by atomic mass is 35.5. The van der Waals surface area contributed by atoms with Gasteiger partial charge in [0, 0.05) is 40.9 Å². The molecule has 4 rings (SSSR count). The van der Waals surface area contributed by atoms with Gasteiger partial charge >= 0.3 is 5.97 Å². The molecular formula is C29H32ClNO6. The lowest BCUT2D eigenvalue weighted by atomic mass is 9.71. The van der Waals surface area contributed by atoms with Crippen LogP contribution in [0.2, 0.25) is 5.02 Å². The number of ether oxygens (including phenoxy) is 4. The van der Waals surface area contributed by atoms with Crippen LogP contribution in [0.25, 0.3) is 0 Å². The number of carbonyl (C=O) groups is 2. The van der Waals surface area contributed by atoms with Crippen LogP contribution in [-0.2, 0) is 19.1 Å². The minimum Gasteiger partial charge on any atom is -0.493 e. The van der Waals surface area contributed by atoms with Crippen molar-refractivity contribution in [2.45, 2.75) is 38.5 Å². The first-order chi connectivity index (χ1) is 17.9. The summed E-state index contributed by atoms with van der Waals surface area (Å²) in [5.41, 5.74) is 4.23. The molecule has 0 radical (unpaired) electrons. The molecule has 0 bridgehead atoms. The van der Waals surface area contributed by atoms with Gasteiger partial charge < -0.3 is 24.3 Å². The zero-order chi connectivity index (χ0) is 26.5. The van der Waals surface area contributed by atoms with Crippen LogP contribution in [0.4, 0.5) is 0 Å². The summed E-state index contributed by atoms with van der Waals surface area (Å²) in [6, 6.07) is 13.0. The fourth-order valence-electron chi connectivity index (χ4n) is 5.09. The zero-order valence-electron chi connectivity index (χ0n) is 21.6. The van der Waals surface area contributed by atoms with E-state index in [0.717, 1.165) is 16.8 Å². The molecular weight excluding hydrogens is 494 g/mol. The summed E-state index contributed by atoms with van der Waals surface area (Å²) >= 11 is 6.33. The second-order valence-electron chi connectivity index (χ2n) is 9.02. The highest BCUT2D eigenvalue weighted by Gasteiger charge is 2.41. The third kappa shape index (κ3) is 5.68. The largest absolute Gasteiger partial charge is 0.493 e. The van der Waals surface area contributed by atoms with Crippen LogP contribution in [0.1, 0.15) is 49.7 Å². The normalized spacial score (nSPS) is 19.3. The van der Waals surface area contributed by atoms with E-state index in [0.29, 0.717) is 59.4 Å². The molecule has 0 amide bonds. The van der Waals surface area contributed by atoms with Crippen molar-refractivity contribution in [2.75, 3.05) is 34.0 Å². The Bertz CT molecular complexity index is 1250. The summed E-state index contributed by atoms with van der Waals surface area (Å²) in [6.45, 7) is 4.70. The second-order valence-corrected chi connectivity index (χ2v) is 9.46. The van der Waals surface area contributed by atoms with Crippen molar-refractivity contribution in [3.63, 3.8) is 0 Å². The lowest BCUT2D eigenvalue weighted by Gasteiger charge is -2.36. The number of allylic oxidation sites excluding steroid dienone is 3. The number of nitrogens with one attached hydrogen (secondary N) is 1. The zero-order valence-corrected chi connectivity index (χ0v) is 22.3. The first-order valence-electron chi connectivity index (χ1n) is 12.3. The molecule has 1 aliphatic heterocycles. The Balaban J connectivity index is 1.71. The molecule has 2 aromatic carbocycles. The summed E-state index contributed by atoms with van der Waals surface area (Å²) in [5.74, 6) is 0.131. The molecule has 0 saturated heterocycles. The molecule has 2 aromatic rings. The van der Waals surface area contributed by atoms with Crippen molar-refractivity contribution >= 4 is 23.4 Å². The Morgan fingerprint density at radius 3 is 2.51 bits per heavy atom. The van der Waals surface area contributed by atoms with E-state index < -0.39 is 11.9 Å². The number of hydrogen-bond donors (Lipinski definition) is 1. The quantitative estimate of drug-likeness (QED) is 0.351. The standard InChI is InChI=1S/C29H32ClNO6/c1-5-36-11-12-37-29(33)26-17(2)31-22-14-20(18-9-10-24(34-3)25(16-18)35-4)15-23(32)28(22)27(26)19-7-6-8-21(30)13-19/h6-10,13,16,20,27,31H,5,11-12,14-15H2,1-4H3/t20-,27-/m0/s1. The third-order valence-electron chi connectivity index (χ3n) is 6.77. The monoisotopic (exact) mass is 525 g/mol. The van der Waals surface area contributed by atoms with Crippen LogP contribution in [0.3, 0.4) is 0 Å². The molecule has 0 fully saturated rings. The van der Waals surface area contributed by atoms with Gasteiger partial charge in [0.15, 0.2) is 17.3 Å². The van der Waals surface area contributed by atoms with E-state index in [-0.39, 0.29) is 18.3 Å². The van der Waals surface area contributed by atoms with Gasteiger partial charge in [-0.05, 0) is 61.6 Å². The molecule has 196 valence electrons. The van der Waals surface area contributed by atoms with Crippen LogP contribution >= 0.6 is 11.6 Å². The molecule has 1 N–H and O–H groups in total. The maximum absolute atomic E-state index is 13.8. The number of dihydropyridines is 1. The fourth-order valence-corrected chi connectivity index (χ4v) is 5.29. The van der Waals surface area contributed by atoms with Gasteiger partial charge in [-0.15, -0.1) is 0 Å². The van der Waals surface area contributed by atoms with Crippen molar-refractivity contribution < 1.29 is 28.5 Å². The van der Waals surface area contributed by atoms with Crippen LogP contribution in [0.15, 0.2) is 65.0 Å². The van der Waals surface area contributed by atoms with Crippen LogP contribution in [0, 0.1) is 0 Å². The molecule has 0 spiro atoms. The van der Waals surface area contributed by atoms with E-state index in [1.54, 1.807) is 26.4 Å². The molecule has 1 aliphatic carbocycles. The number of Topliss-reactive ketones (excluding diaryl/α,β-unsaturated/α-hetero) is 1. The Kier molecular flexibility index (Phi) is 8.56. The average molecular weight is 526 g/mol. The maximum Gasteiger partial charge on any atom is 0.336 e. The van der Waals surface area contributed by atoms with Gasteiger partial charge in [0.05, 0.1) is 26.4 Å². The molecule has 0 unspecified atom stereocenters. The molecule has 8 heteroatoms. The molecule has 2 aliphatic rings. The van der Waals surface area contributed by atoms with Crippen LogP contribution in [0.5, 0.6) is 11.5 Å². The minimum absolute atomic E-state index is 0.0226. The van der Waals surface area contributed by atoms with Gasteiger partial charge in [-0.25, -0.2) is 4.79 Å². The summed E-state index contributed by atoms with van der Waals surface area (Å²) in [5, 5.41) is 3.90. The molecule has 37 heavy (non-hydrogen) atoms. The van der Waals surface area contributed by atoms with E-state index in [1.165, 1.54) is 0 Å². The lowest BCUT2D eigenvalue weighted by molar-refractivity contribution is -0.140. The highest BCUT2D eigenvalue weighted by molar-refractivity contribution is 6.30. The minimum atomic E-state index is -0.576. The van der Waals surface area contributed by atoms with Crippen LogP contribution < -0.4 is 14.8 Å². The summed E-state index contributed by atoms with van der Waals surface area (Å²) in [4.78, 5) is 27.0. The smallest absolute Gasteiger partial charge is 0.336 e. The summed E-state index contributed by atoms with van der Waals surface area (Å²) in [6.07, 6.45) is 0.913. The Morgan fingerprint density at radius 1 is 1.03 bits per heavy atom. The number of halogens is 1. The first-order valence-corrected chi connectivity index (χ1v) is 12.7. The number of ketones is 1. The second kappa shape index (κ2) is 11.8. The lowest BCUT2D eigenvalue weighted by Crippen LogP contribution is -2.36. The number of hydrogen-bond acceptors (Lipinski definition) is 7. The molecule has 0 saturated carbocycles. The number of methoxy groups -OCH3 is 2. The van der Waals surface area contributed by atoms with Crippen molar-refractivity contribution in [3.05, 3.63) is 81.2 Å². The van der Waals surface area contributed by atoms with Gasteiger partial charge in [-0.3, -0.25) is 4.79 Å². The van der Waals surface area contributed by atoms with Crippen molar-refractivity contribution in [2.24, 2.45) is 0 Å². The average Bonchev–Trinajstić information content (AvgIpc) is 2.89. The molecule has 1 heterocycles. The fraction of sp³-hybridized carbons (Fsp3) is 0.379. The number of benzene rings is 2. The highest BCUT2D eigenvalue weighted by Crippen LogP contribution is 2.46. The maximum atomic E-state index is 13.8. The Hall–Kier alpha value is -3.29. The van der Waals surface area contributed by atoms with Gasteiger partial charge in [0.2, 0.25) is 0 Å².